The van der Waals surface area contributed by atoms with E-state index in [0.717, 1.165) is 17.7 Å². The standard InChI is InChI=1S/C15H24N2O2/c1-11(2)15(17-14(18)5-4-10-16)12-6-8-13(19-3)9-7-12/h6-9,11,15H,4-5,10,16H2,1-3H3,(H,17,18). The fraction of sp³-hybridized carbons (Fsp3) is 0.533. The lowest BCUT2D eigenvalue weighted by Gasteiger charge is -2.23. The Bertz CT molecular complexity index is 388. The van der Waals surface area contributed by atoms with E-state index in [4.69, 9.17) is 10.5 Å². The molecule has 4 nitrogen and oxygen atoms in total. The third kappa shape index (κ3) is 4.91. The lowest BCUT2D eigenvalue weighted by atomic mass is 9.95. The van der Waals surface area contributed by atoms with Crippen molar-refractivity contribution < 1.29 is 9.53 Å². The van der Waals surface area contributed by atoms with Gasteiger partial charge in [-0.05, 0) is 36.6 Å². The van der Waals surface area contributed by atoms with Gasteiger partial charge in [-0.1, -0.05) is 26.0 Å². The molecule has 0 heterocycles. The Kier molecular flexibility index (Phi) is 6.36. The molecule has 1 aromatic rings. The van der Waals surface area contributed by atoms with Crippen molar-refractivity contribution in [3.63, 3.8) is 0 Å². The van der Waals surface area contributed by atoms with Crippen LogP contribution in [0.15, 0.2) is 24.3 Å². The summed E-state index contributed by atoms with van der Waals surface area (Å²) in [5.74, 6) is 1.20. The van der Waals surface area contributed by atoms with Crippen molar-refractivity contribution >= 4 is 5.91 Å². The molecule has 0 aliphatic rings. The van der Waals surface area contributed by atoms with Crippen molar-refractivity contribution in [1.82, 2.24) is 5.32 Å². The van der Waals surface area contributed by atoms with Crippen molar-refractivity contribution in [2.75, 3.05) is 13.7 Å². The number of hydrogen-bond donors (Lipinski definition) is 2. The summed E-state index contributed by atoms with van der Waals surface area (Å²) in [6.07, 6.45) is 1.20. The topological polar surface area (TPSA) is 64.3 Å². The normalized spacial score (nSPS) is 12.3. The van der Waals surface area contributed by atoms with Crippen molar-refractivity contribution in [1.29, 1.82) is 0 Å². The summed E-state index contributed by atoms with van der Waals surface area (Å²) in [5.41, 5.74) is 6.51. The molecule has 0 aliphatic heterocycles. The van der Waals surface area contributed by atoms with Crippen molar-refractivity contribution in [2.45, 2.75) is 32.7 Å². The highest BCUT2D eigenvalue weighted by Crippen LogP contribution is 2.24. The van der Waals surface area contributed by atoms with E-state index in [-0.39, 0.29) is 11.9 Å². The number of nitrogens with one attached hydrogen (secondary N) is 1. The minimum atomic E-state index is 0.0242. The maximum absolute atomic E-state index is 11.8. The second kappa shape index (κ2) is 7.79. The number of rotatable bonds is 7. The average Bonchev–Trinajstić information content (AvgIpc) is 2.42. The monoisotopic (exact) mass is 264 g/mol. The van der Waals surface area contributed by atoms with Gasteiger partial charge in [0.05, 0.1) is 13.2 Å². The Labute approximate surface area is 115 Å². The van der Waals surface area contributed by atoms with E-state index in [9.17, 15) is 4.79 Å². The van der Waals surface area contributed by atoms with E-state index >= 15 is 0 Å². The number of nitrogens with two attached hydrogens (primary N) is 1. The Morgan fingerprint density at radius 2 is 1.95 bits per heavy atom. The quantitative estimate of drug-likeness (QED) is 0.794. The van der Waals surface area contributed by atoms with Crippen molar-refractivity contribution in [3.8, 4) is 5.75 Å². The first-order chi connectivity index (χ1) is 9.08. The molecule has 0 fully saturated rings. The Balaban J connectivity index is 2.73. The van der Waals surface area contributed by atoms with Gasteiger partial charge in [-0.25, -0.2) is 0 Å². The summed E-state index contributed by atoms with van der Waals surface area (Å²) < 4.78 is 5.14. The first kappa shape index (κ1) is 15.5. The van der Waals surface area contributed by atoms with Crippen LogP contribution < -0.4 is 15.8 Å². The van der Waals surface area contributed by atoms with Crippen LogP contribution in [0.4, 0.5) is 0 Å². The number of ether oxygens (including phenoxy) is 1. The van der Waals surface area contributed by atoms with E-state index in [2.05, 4.69) is 19.2 Å². The summed E-state index contributed by atoms with van der Waals surface area (Å²) in [7, 11) is 1.64. The van der Waals surface area contributed by atoms with Gasteiger partial charge in [-0.2, -0.15) is 0 Å². The van der Waals surface area contributed by atoms with Gasteiger partial charge in [0.15, 0.2) is 0 Å². The molecular formula is C15H24N2O2. The van der Waals surface area contributed by atoms with Crippen LogP contribution in [0.1, 0.15) is 38.3 Å². The highest BCUT2D eigenvalue weighted by molar-refractivity contribution is 5.76. The third-order valence-electron chi connectivity index (χ3n) is 3.07. The lowest BCUT2D eigenvalue weighted by molar-refractivity contribution is -0.122. The second-order valence-corrected chi connectivity index (χ2v) is 4.95. The van der Waals surface area contributed by atoms with Gasteiger partial charge in [0.1, 0.15) is 5.75 Å². The zero-order chi connectivity index (χ0) is 14.3. The van der Waals surface area contributed by atoms with Crippen LogP contribution in [0.25, 0.3) is 0 Å². The van der Waals surface area contributed by atoms with Gasteiger partial charge in [0.2, 0.25) is 5.91 Å². The van der Waals surface area contributed by atoms with E-state index in [1.54, 1.807) is 7.11 Å². The van der Waals surface area contributed by atoms with E-state index in [1.807, 2.05) is 24.3 Å². The molecule has 1 aromatic carbocycles. The fourth-order valence-corrected chi connectivity index (χ4v) is 1.95. The summed E-state index contributed by atoms with van der Waals surface area (Å²) in [6.45, 7) is 4.73. The second-order valence-electron chi connectivity index (χ2n) is 4.95. The zero-order valence-electron chi connectivity index (χ0n) is 12.0. The molecule has 3 N–H and O–H groups in total. The van der Waals surface area contributed by atoms with Crippen molar-refractivity contribution in [2.24, 2.45) is 11.7 Å². The number of methoxy groups -OCH3 is 1. The summed E-state index contributed by atoms with van der Waals surface area (Å²) >= 11 is 0. The summed E-state index contributed by atoms with van der Waals surface area (Å²) in [6, 6.07) is 7.84. The van der Waals surface area contributed by atoms with Crippen LogP contribution >= 0.6 is 0 Å². The lowest BCUT2D eigenvalue weighted by Crippen LogP contribution is -2.31. The van der Waals surface area contributed by atoms with E-state index in [1.165, 1.54) is 0 Å². The molecule has 1 unspecified atom stereocenters. The van der Waals surface area contributed by atoms with Gasteiger partial charge in [0, 0.05) is 6.42 Å². The maximum atomic E-state index is 11.8. The van der Waals surface area contributed by atoms with Gasteiger partial charge in [-0.15, -0.1) is 0 Å². The van der Waals surface area contributed by atoms with Gasteiger partial charge < -0.3 is 15.8 Å². The zero-order valence-corrected chi connectivity index (χ0v) is 12.0. The smallest absolute Gasteiger partial charge is 0.220 e. The predicted molar refractivity (Wildman–Crippen MR) is 77.0 cm³/mol. The molecule has 1 amide bonds. The number of carbonyl (C=O) groups is 1. The van der Waals surface area contributed by atoms with Gasteiger partial charge in [0.25, 0.3) is 0 Å². The summed E-state index contributed by atoms with van der Waals surface area (Å²) in [5, 5.41) is 3.07. The number of amides is 1. The van der Waals surface area contributed by atoms with Crippen LogP contribution in [0.3, 0.4) is 0 Å². The third-order valence-corrected chi connectivity index (χ3v) is 3.07. The molecule has 0 saturated carbocycles. The van der Waals surface area contributed by atoms with Crippen LogP contribution in [-0.2, 0) is 4.79 Å². The van der Waals surface area contributed by atoms with Crippen LogP contribution in [0, 0.1) is 5.92 Å². The average molecular weight is 264 g/mol. The van der Waals surface area contributed by atoms with Gasteiger partial charge in [-0.3, -0.25) is 4.79 Å². The number of benzene rings is 1. The van der Waals surface area contributed by atoms with Gasteiger partial charge >= 0.3 is 0 Å². The molecule has 19 heavy (non-hydrogen) atoms. The van der Waals surface area contributed by atoms with Crippen LogP contribution in [-0.4, -0.2) is 19.6 Å². The molecular weight excluding hydrogens is 240 g/mol. The highest BCUT2D eigenvalue weighted by atomic mass is 16.5. The molecule has 106 valence electrons. The molecule has 0 aromatic heterocycles. The minimum absolute atomic E-state index is 0.0242. The number of hydrogen-bond acceptors (Lipinski definition) is 3. The van der Waals surface area contributed by atoms with E-state index in [0.29, 0.717) is 18.9 Å². The molecule has 0 bridgehead atoms. The molecule has 0 radical (unpaired) electrons. The molecule has 4 heteroatoms. The molecule has 1 atom stereocenters. The van der Waals surface area contributed by atoms with Crippen LogP contribution in [0.2, 0.25) is 0 Å². The minimum Gasteiger partial charge on any atom is -0.497 e. The first-order valence-electron chi connectivity index (χ1n) is 6.72. The Morgan fingerprint density at radius 3 is 2.42 bits per heavy atom. The van der Waals surface area contributed by atoms with Crippen LogP contribution in [0.5, 0.6) is 5.75 Å². The van der Waals surface area contributed by atoms with E-state index < -0.39 is 0 Å². The largest absolute Gasteiger partial charge is 0.497 e. The molecule has 0 aliphatic carbocycles. The Hall–Kier alpha value is -1.55. The maximum Gasteiger partial charge on any atom is 0.220 e. The fourth-order valence-electron chi connectivity index (χ4n) is 1.95. The molecule has 0 saturated heterocycles. The predicted octanol–water partition coefficient (Wildman–Crippen LogP) is 2.25. The summed E-state index contributed by atoms with van der Waals surface area (Å²) in [4.78, 5) is 11.8. The first-order valence-corrected chi connectivity index (χ1v) is 6.72. The molecule has 0 spiro atoms. The highest BCUT2D eigenvalue weighted by Gasteiger charge is 2.17. The molecule has 1 rings (SSSR count). The SMILES string of the molecule is COc1ccc(C(NC(=O)CCCN)C(C)C)cc1. The number of carbonyl (C=O) groups excluding carboxylic acids is 1. The van der Waals surface area contributed by atoms with Crippen molar-refractivity contribution in [3.05, 3.63) is 29.8 Å². The Morgan fingerprint density at radius 1 is 1.32 bits per heavy atom.